The Hall–Kier alpha value is -1.76. The van der Waals surface area contributed by atoms with Gasteiger partial charge < -0.3 is 11.1 Å². The molecule has 0 spiro atoms. The van der Waals surface area contributed by atoms with Crippen LogP contribution >= 0.6 is 0 Å². The Kier molecular flexibility index (Phi) is 4.40. The summed E-state index contributed by atoms with van der Waals surface area (Å²) < 4.78 is 0. The first-order chi connectivity index (χ1) is 8.79. The summed E-state index contributed by atoms with van der Waals surface area (Å²) in [5.74, 6) is 1.55. The number of pyridine rings is 1. The Morgan fingerprint density at radius 3 is 2.83 bits per heavy atom. The van der Waals surface area contributed by atoms with Crippen molar-refractivity contribution < 1.29 is 0 Å². The van der Waals surface area contributed by atoms with Gasteiger partial charge >= 0.3 is 0 Å². The van der Waals surface area contributed by atoms with Crippen LogP contribution < -0.4 is 11.1 Å². The van der Waals surface area contributed by atoms with Crippen LogP contribution in [0.4, 0.5) is 11.5 Å². The van der Waals surface area contributed by atoms with Crippen molar-refractivity contribution in [2.24, 2.45) is 5.92 Å². The summed E-state index contributed by atoms with van der Waals surface area (Å²) in [6, 6.07) is 3.70. The van der Waals surface area contributed by atoms with Crippen molar-refractivity contribution in [3.05, 3.63) is 17.8 Å². The zero-order chi connectivity index (χ0) is 12.8. The molecule has 3 N–H and O–H groups in total. The molecule has 0 aromatic carbocycles. The van der Waals surface area contributed by atoms with E-state index in [0.717, 1.165) is 12.5 Å². The third kappa shape index (κ3) is 3.36. The number of anilines is 2. The highest BCUT2D eigenvalue weighted by Crippen LogP contribution is 2.26. The fraction of sp³-hybridized carbons (Fsp3) is 0.571. The number of aromatic nitrogens is 1. The molecule has 1 aliphatic carbocycles. The van der Waals surface area contributed by atoms with E-state index >= 15 is 0 Å². The molecular formula is C14H20N4. The third-order valence-corrected chi connectivity index (χ3v) is 3.62. The summed E-state index contributed by atoms with van der Waals surface area (Å²) in [6.07, 6.45) is 9.61. The Balaban J connectivity index is 1.81. The molecule has 4 nitrogen and oxygen atoms in total. The second kappa shape index (κ2) is 6.25. The average Bonchev–Trinajstić information content (AvgIpc) is 2.42. The summed E-state index contributed by atoms with van der Waals surface area (Å²) in [5.41, 5.74) is 6.90. The van der Waals surface area contributed by atoms with E-state index in [1.54, 1.807) is 12.3 Å². The van der Waals surface area contributed by atoms with E-state index in [2.05, 4.69) is 10.3 Å². The van der Waals surface area contributed by atoms with Gasteiger partial charge in [0.2, 0.25) is 0 Å². The summed E-state index contributed by atoms with van der Waals surface area (Å²) in [5, 5.41) is 12.0. The van der Waals surface area contributed by atoms with Crippen LogP contribution in [0.25, 0.3) is 0 Å². The fourth-order valence-electron chi connectivity index (χ4n) is 2.56. The lowest BCUT2D eigenvalue weighted by Crippen LogP contribution is -2.13. The van der Waals surface area contributed by atoms with E-state index in [4.69, 9.17) is 11.0 Å². The van der Waals surface area contributed by atoms with Crippen LogP contribution in [0.3, 0.4) is 0 Å². The van der Waals surface area contributed by atoms with Gasteiger partial charge in [0, 0.05) is 12.7 Å². The van der Waals surface area contributed by atoms with Gasteiger partial charge in [-0.1, -0.05) is 32.1 Å². The normalized spacial score (nSPS) is 16.2. The second-order valence-corrected chi connectivity index (χ2v) is 4.99. The Labute approximate surface area is 108 Å². The minimum absolute atomic E-state index is 0.505. The molecule has 1 aromatic heterocycles. The summed E-state index contributed by atoms with van der Waals surface area (Å²) >= 11 is 0. The van der Waals surface area contributed by atoms with E-state index in [-0.39, 0.29) is 0 Å². The average molecular weight is 244 g/mol. The van der Waals surface area contributed by atoms with Crippen molar-refractivity contribution >= 4 is 11.5 Å². The lowest BCUT2D eigenvalue weighted by Gasteiger charge is -2.21. The van der Waals surface area contributed by atoms with Gasteiger partial charge in [0.1, 0.15) is 11.9 Å². The molecule has 2 rings (SSSR count). The van der Waals surface area contributed by atoms with Gasteiger partial charge in [0.15, 0.2) is 0 Å². The first kappa shape index (κ1) is 12.7. The Morgan fingerprint density at radius 2 is 2.17 bits per heavy atom. The highest BCUT2D eigenvalue weighted by molar-refractivity contribution is 5.62. The van der Waals surface area contributed by atoms with E-state index in [9.17, 15) is 0 Å². The van der Waals surface area contributed by atoms with Crippen molar-refractivity contribution in [1.29, 1.82) is 5.26 Å². The maximum absolute atomic E-state index is 8.73. The molecule has 96 valence electrons. The molecular weight excluding hydrogens is 224 g/mol. The highest BCUT2D eigenvalue weighted by Gasteiger charge is 2.13. The number of hydrogen-bond donors (Lipinski definition) is 2. The van der Waals surface area contributed by atoms with Crippen LogP contribution in [0.2, 0.25) is 0 Å². The number of rotatable bonds is 4. The van der Waals surface area contributed by atoms with Crippen LogP contribution in [0.5, 0.6) is 0 Å². The molecule has 0 radical (unpaired) electrons. The van der Waals surface area contributed by atoms with Crippen molar-refractivity contribution in [3.63, 3.8) is 0 Å². The summed E-state index contributed by atoms with van der Waals surface area (Å²) in [6.45, 7) is 0.910. The molecule has 1 aromatic rings. The first-order valence-corrected chi connectivity index (χ1v) is 6.69. The van der Waals surface area contributed by atoms with Gasteiger partial charge in [0.05, 0.1) is 11.3 Å². The predicted octanol–water partition coefficient (Wildman–Crippen LogP) is 2.92. The molecule has 1 aliphatic rings. The van der Waals surface area contributed by atoms with E-state index in [1.165, 1.54) is 38.5 Å². The topological polar surface area (TPSA) is 74.7 Å². The van der Waals surface area contributed by atoms with Gasteiger partial charge in [-0.3, -0.25) is 0 Å². The number of nitrogen functional groups attached to an aromatic ring is 1. The molecule has 1 saturated carbocycles. The highest BCUT2D eigenvalue weighted by atomic mass is 15.0. The van der Waals surface area contributed by atoms with Crippen LogP contribution in [-0.4, -0.2) is 11.5 Å². The van der Waals surface area contributed by atoms with Gasteiger partial charge in [0.25, 0.3) is 0 Å². The minimum atomic E-state index is 0.505. The maximum atomic E-state index is 8.73. The fourth-order valence-corrected chi connectivity index (χ4v) is 2.56. The molecule has 1 heterocycles. The zero-order valence-corrected chi connectivity index (χ0v) is 10.7. The Morgan fingerprint density at radius 1 is 1.39 bits per heavy atom. The predicted molar refractivity (Wildman–Crippen MR) is 73.0 cm³/mol. The lowest BCUT2D eigenvalue weighted by atomic mass is 9.87. The minimum Gasteiger partial charge on any atom is -0.396 e. The maximum Gasteiger partial charge on any atom is 0.149 e. The number of nitrogens with zero attached hydrogens (tertiary/aromatic N) is 2. The molecule has 0 saturated heterocycles. The molecule has 0 bridgehead atoms. The number of nitriles is 1. The van der Waals surface area contributed by atoms with Gasteiger partial charge in [-0.05, 0) is 18.4 Å². The second-order valence-electron chi connectivity index (χ2n) is 4.99. The van der Waals surface area contributed by atoms with Gasteiger partial charge in [-0.2, -0.15) is 5.26 Å². The van der Waals surface area contributed by atoms with Crippen molar-refractivity contribution in [1.82, 2.24) is 4.98 Å². The molecule has 4 heteroatoms. The van der Waals surface area contributed by atoms with Crippen molar-refractivity contribution in [3.8, 4) is 6.07 Å². The van der Waals surface area contributed by atoms with Crippen LogP contribution in [-0.2, 0) is 0 Å². The summed E-state index contributed by atoms with van der Waals surface area (Å²) in [4.78, 5) is 4.17. The largest absolute Gasteiger partial charge is 0.396 e. The molecule has 0 amide bonds. The van der Waals surface area contributed by atoms with Gasteiger partial charge in [-0.25, -0.2) is 4.98 Å². The van der Waals surface area contributed by atoms with E-state index in [0.29, 0.717) is 17.1 Å². The number of hydrogen-bond acceptors (Lipinski definition) is 4. The zero-order valence-electron chi connectivity index (χ0n) is 10.7. The SMILES string of the molecule is N#Cc1cnc(NCCC2CCCCC2)c(N)c1. The summed E-state index contributed by atoms with van der Waals surface area (Å²) in [7, 11) is 0. The molecule has 1 fully saturated rings. The van der Waals surface area contributed by atoms with Crippen LogP contribution in [0.1, 0.15) is 44.1 Å². The number of nitrogens with one attached hydrogen (secondary N) is 1. The van der Waals surface area contributed by atoms with Crippen molar-refractivity contribution in [2.45, 2.75) is 38.5 Å². The lowest BCUT2D eigenvalue weighted by molar-refractivity contribution is 0.345. The van der Waals surface area contributed by atoms with E-state index < -0.39 is 0 Å². The van der Waals surface area contributed by atoms with Crippen LogP contribution in [0, 0.1) is 17.2 Å². The van der Waals surface area contributed by atoms with E-state index in [1.807, 2.05) is 6.07 Å². The van der Waals surface area contributed by atoms with Gasteiger partial charge in [-0.15, -0.1) is 0 Å². The monoisotopic (exact) mass is 244 g/mol. The van der Waals surface area contributed by atoms with Crippen LogP contribution in [0.15, 0.2) is 12.3 Å². The molecule has 18 heavy (non-hydrogen) atoms. The Bertz CT molecular complexity index is 430. The quantitative estimate of drug-likeness (QED) is 0.854. The third-order valence-electron chi connectivity index (χ3n) is 3.62. The smallest absolute Gasteiger partial charge is 0.149 e. The first-order valence-electron chi connectivity index (χ1n) is 6.69. The van der Waals surface area contributed by atoms with Crippen molar-refractivity contribution in [2.75, 3.05) is 17.6 Å². The standard InChI is InChI=1S/C14H20N4/c15-9-12-8-13(16)14(18-10-12)17-7-6-11-4-2-1-3-5-11/h8,10-11H,1-7,16H2,(H,17,18). The molecule has 0 unspecified atom stereocenters. The molecule has 0 atom stereocenters. The number of nitrogens with two attached hydrogens (primary N) is 1. The molecule has 0 aliphatic heterocycles.